The van der Waals surface area contributed by atoms with E-state index in [0.717, 1.165) is 40.9 Å². The molecule has 0 amide bonds. The Hall–Kier alpha value is -4.52. The van der Waals surface area contributed by atoms with E-state index in [1.54, 1.807) is 43.6 Å². The van der Waals surface area contributed by atoms with E-state index >= 15 is 4.39 Å². The molecule has 2 aromatic heterocycles. The molecule has 2 heterocycles. The number of nitrogens with zero attached hydrogens (tertiary/aromatic N) is 2. The van der Waals surface area contributed by atoms with Gasteiger partial charge < -0.3 is 15.6 Å². The minimum absolute atomic E-state index is 0.319. The number of benzene rings is 2. The van der Waals surface area contributed by atoms with Crippen LogP contribution in [0.25, 0.3) is 27.9 Å². The first-order valence-electron chi connectivity index (χ1n) is 13.5. The van der Waals surface area contributed by atoms with Gasteiger partial charge in [0.15, 0.2) is 5.65 Å². The Morgan fingerprint density at radius 3 is 2.60 bits per heavy atom. The lowest BCUT2D eigenvalue weighted by Gasteiger charge is -2.28. The molecule has 2 aromatic carbocycles. The Morgan fingerprint density at radius 2 is 1.93 bits per heavy atom. The lowest BCUT2D eigenvalue weighted by atomic mass is 9.83. The first-order valence-corrected chi connectivity index (χ1v) is 13.5. The van der Waals surface area contributed by atoms with E-state index in [2.05, 4.69) is 38.7 Å². The van der Waals surface area contributed by atoms with E-state index in [-0.39, 0.29) is 11.6 Å². The van der Waals surface area contributed by atoms with Crippen LogP contribution in [0.1, 0.15) is 43.1 Å². The Labute approximate surface area is 233 Å². The van der Waals surface area contributed by atoms with E-state index in [4.69, 9.17) is 0 Å². The highest BCUT2D eigenvalue weighted by molar-refractivity contribution is 5.90. The summed E-state index contributed by atoms with van der Waals surface area (Å²) in [6.07, 6.45) is 11.1. The van der Waals surface area contributed by atoms with E-state index in [9.17, 15) is 4.39 Å². The molecule has 3 N–H and O–H groups in total. The highest BCUT2D eigenvalue weighted by Gasteiger charge is 2.21. The number of imidazole rings is 1. The number of halogens is 2. The molecule has 1 aliphatic rings. The first kappa shape index (κ1) is 27.1. The second-order valence-electron chi connectivity index (χ2n) is 9.97. The van der Waals surface area contributed by atoms with E-state index in [1.807, 2.05) is 25.1 Å². The van der Waals surface area contributed by atoms with Gasteiger partial charge in [0.2, 0.25) is 0 Å². The van der Waals surface area contributed by atoms with Crippen molar-refractivity contribution in [1.82, 2.24) is 20.3 Å². The van der Waals surface area contributed by atoms with Gasteiger partial charge in [0.05, 0.1) is 11.2 Å². The molecule has 1 saturated carbocycles. The van der Waals surface area contributed by atoms with Crippen LogP contribution in [0.3, 0.4) is 0 Å². The summed E-state index contributed by atoms with van der Waals surface area (Å²) in [5.41, 5.74) is 6.74. The Balaban J connectivity index is 1.49. The van der Waals surface area contributed by atoms with Gasteiger partial charge in [0.1, 0.15) is 17.5 Å². The quantitative estimate of drug-likeness (QED) is 0.180. The summed E-state index contributed by atoms with van der Waals surface area (Å²) in [6.45, 7) is 10.1. The highest BCUT2D eigenvalue weighted by Crippen LogP contribution is 2.33. The third kappa shape index (κ3) is 5.45. The Kier molecular flexibility index (Phi) is 7.91. The molecule has 0 unspecified atom stereocenters. The average molecular weight is 538 g/mol. The number of allylic oxidation sites excluding steroid dienone is 5. The standard InChI is InChI=1S/C33H33F2N5/c1-5-21(17-25(6-2)38-20(3)22-10-9-11-22)23-16-24(31(36-4)29(35)18-23)19-30-39-32-27(14-15-37-33(32)40-30)26-12-7-8-13-28(26)34/h5-8,12-18,22,36,38H,2-3,9-11,19H2,1,4H3,(H,37,39,40)/b21-5+,25-17+. The third-order valence-electron chi connectivity index (χ3n) is 7.46. The SMILES string of the molecule is C=C/C(=C\C(=C/C)c1cc(F)c(NC)c(Cc2nc3nccc(-c4ccccc4F)c3[nH]2)c1)NC(=C)C1CCC1. The molecule has 5 nitrogen and oxygen atoms in total. The summed E-state index contributed by atoms with van der Waals surface area (Å²) < 4.78 is 30.0. The van der Waals surface area contributed by atoms with Crippen LogP contribution in [0.2, 0.25) is 0 Å². The number of anilines is 1. The number of nitrogens with one attached hydrogen (secondary N) is 3. The van der Waals surface area contributed by atoms with Crippen LogP contribution in [-0.4, -0.2) is 22.0 Å². The number of pyridine rings is 1. The predicted molar refractivity (Wildman–Crippen MR) is 160 cm³/mol. The molecule has 0 saturated heterocycles. The van der Waals surface area contributed by atoms with Crippen molar-refractivity contribution in [1.29, 1.82) is 0 Å². The maximum absolute atomic E-state index is 15.4. The van der Waals surface area contributed by atoms with Crippen molar-refractivity contribution in [2.24, 2.45) is 5.92 Å². The minimum Gasteiger partial charge on any atom is -0.386 e. The molecule has 4 aromatic rings. The molecule has 204 valence electrons. The van der Waals surface area contributed by atoms with Crippen molar-refractivity contribution in [3.63, 3.8) is 0 Å². The van der Waals surface area contributed by atoms with Crippen LogP contribution < -0.4 is 10.6 Å². The molecular weight excluding hydrogens is 504 g/mol. The van der Waals surface area contributed by atoms with E-state index in [0.29, 0.717) is 46.1 Å². The van der Waals surface area contributed by atoms with Crippen molar-refractivity contribution in [2.75, 3.05) is 12.4 Å². The van der Waals surface area contributed by atoms with Gasteiger partial charge in [-0.3, -0.25) is 0 Å². The van der Waals surface area contributed by atoms with Crippen LogP contribution in [0.4, 0.5) is 14.5 Å². The molecule has 0 bridgehead atoms. The lowest BCUT2D eigenvalue weighted by molar-refractivity contribution is 0.356. The molecule has 7 heteroatoms. The third-order valence-corrected chi connectivity index (χ3v) is 7.46. The molecule has 1 fully saturated rings. The normalized spacial score (nSPS) is 14.2. The molecule has 40 heavy (non-hydrogen) atoms. The fraction of sp³-hybridized carbons (Fsp3) is 0.212. The fourth-order valence-corrected chi connectivity index (χ4v) is 5.07. The number of hydrogen-bond acceptors (Lipinski definition) is 4. The number of fused-ring (bicyclic) bond motifs is 1. The van der Waals surface area contributed by atoms with Crippen molar-refractivity contribution in [3.8, 4) is 11.1 Å². The van der Waals surface area contributed by atoms with Gasteiger partial charge in [-0.15, -0.1) is 0 Å². The zero-order valence-corrected chi connectivity index (χ0v) is 22.8. The van der Waals surface area contributed by atoms with Gasteiger partial charge in [-0.1, -0.05) is 43.9 Å². The number of hydrogen-bond donors (Lipinski definition) is 3. The van der Waals surface area contributed by atoms with Crippen molar-refractivity contribution in [3.05, 3.63) is 120 Å². The fourth-order valence-electron chi connectivity index (χ4n) is 5.07. The van der Waals surface area contributed by atoms with Crippen LogP contribution in [0.5, 0.6) is 0 Å². The molecule has 5 rings (SSSR count). The molecule has 0 atom stereocenters. The second-order valence-corrected chi connectivity index (χ2v) is 9.97. The van der Waals surface area contributed by atoms with Gasteiger partial charge in [-0.05, 0) is 78.8 Å². The van der Waals surface area contributed by atoms with Crippen LogP contribution in [0.15, 0.2) is 91.4 Å². The molecular formula is C33H33F2N5. The van der Waals surface area contributed by atoms with Crippen LogP contribution in [0, 0.1) is 17.6 Å². The molecule has 0 aliphatic heterocycles. The van der Waals surface area contributed by atoms with Gasteiger partial charge in [0, 0.05) is 42.2 Å². The van der Waals surface area contributed by atoms with Gasteiger partial charge in [-0.25, -0.2) is 18.7 Å². The Morgan fingerprint density at radius 1 is 1.12 bits per heavy atom. The number of H-pyrrole nitrogens is 1. The monoisotopic (exact) mass is 537 g/mol. The van der Waals surface area contributed by atoms with Gasteiger partial charge in [-0.2, -0.15) is 0 Å². The van der Waals surface area contributed by atoms with Crippen molar-refractivity contribution < 1.29 is 8.78 Å². The zero-order valence-electron chi connectivity index (χ0n) is 22.8. The number of rotatable bonds is 10. The smallest absolute Gasteiger partial charge is 0.178 e. The molecule has 1 aliphatic carbocycles. The first-order chi connectivity index (χ1) is 19.4. The van der Waals surface area contributed by atoms with Gasteiger partial charge >= 0.3 is 0 Å². The summed E-state index contributed by atoms with van der Waals surface area (Å²) in [4.78, 5) is 12.3. The summed E-state index contributed by atoms with van der Waals surface area (Å²) in [5.74, 6) is 0.390. The topological polar surface area (TPSA) is 65.6 Å². The number of aromatic amines is 1. The number of aromatic nitrogens is 3. The Bertz CT molecular complexity index is 1640. The maximum Gasteiger partial charge on any atom is 0.178 e. The molecule has 0 radical (unpaired) electrons. The van der Waals surface area contributed by atoms with Gasteiger partial charge in [0.25, 0.3) is 0 Å². The summed E-state index contributed by atoms with van der Waals surface area (Å²) in [7, 11) is 1.69. The average Bonchev–Trinajstić information content (AvgIpc) is 3.33. The van der Waals surface area contributed by atoms with Crippen molar-refractivity contribution >= 4 is 22.4 Å². The minimum atomic E-state index is -0.365. The van der Waals surface area contributed by atoms with Crippen LogP contribution >= 0.6 is 0 Å². The van der Waals surface area contributed by atoms with E-state index in [1.165, 1.54) is 18.6 Å². The van der Waals surface area contributed by atoms with E-state index < -0.39 is 0 Å². The van der Waals surface area contributed by atoms with Crippen LogP contribution in [-0.2, 0) is 6.42 Å². The highest BCUT2D eigenvalue weighted by atomic mass is 19.1. The predicted octanol–water partition coefficient (Wildman–Crippen LogP) is 7.91. The zero-order chi connectivity index (χ0) is 28.2. The maximum atomic E-state index is 15.4. The largest absolute Gasteiger partial charge is 0.386 e. The molecule has 0 spiro atoms. The summed E-state index contributed by atoms with van der Waals surface area (Å²) in [6, 6.07) is 11.8. The second kappa shape index (κ2) is 11.7. The summed E-state index contributed by atoms with van der Waals surface area (Å²) >= 11 is 0. The van der Waals surface area contributed by atoms with Crippen molar-refractivity contribution in [2.45, 2.75) is 32.6 Å². The summed E-state index contributed by atoms with van der Waals surface area (Å²) in [5, 5.41) is 6.38. The lowest BCUT2D eigenvalue weighted by Crippen LogP contribution is -2.23.